The molecular weight excluding hydrogens is 248 g/mol. The van der Waals surface area contributed by atoms with E-state index >= 15 is 0 Å². The van der Waals surface area contributed by atoms with Crippen molar-refractivity contribution in [3.05, 3.63) is 36.2 Å². The summed E-state index contributed by atoms with van der Waals surface area (Å²) >= 11 is 0. The van der Waals surface area contributed by atoms with Crippen molar-refractivity contribution in [1.29, 1.82) is 0 Å². The van der Waals surface area contributed by atoms with Gasteiger partial charge in [0.1, 0.15) is 0 Å². The molecule has 3 atom stereocenters. The first kappa shape index (κ1) is 13.5. The van der Waals surface area contributed by atoms with Gasteiger partial charge in [0.05, 0.1) is 17.1 Å². The molecule has 3 rings (SSSR count). The molecule has 1 N–H and O–H groups in total. The van der Waals surface area contributed by atoms with Gasteiger partial charge in [-0.2, -0.15) is 0 Å². The Balaban J connectivity index is 1.94. The molecule has 1 fully saturated rings. The van der Waals surface area contributed by atoms with Crippen molar-refractivity contribution < 1.29 is 5.11 Å². The highest BCUT2D eigenvalue weighted by Gasteiger charge is 2.30. The number of aromatic nitrogens is 2. The zero-order valence-corrected chi connectivity index (χ0v) is 12.2. The van der Waals surface area contributed by atoms with Crippen LogP contribution in [0.3, 0.4) is 0 Å². The summed E-state index contributed by atoms with van der Waals surface area (Å²) in [4.78, 5) is 8.74. The molecule has 0 amide bonds. The summed E-state index contributed by atoms with van der Waals surface area (Å²) in [5.41, 5.74) is 2.64. The van der Waals surface area contributed by atoms with Gasteiger partial charge in [-0.15, -0.1) is 0 Å². The molecule has 0 saturated heterocycles. The second-order valence-corrected chi connectivity index (χ2v) is 6.39. The first-order chi connectivity index (χ1) is 9.65. The van der Waals surface area contributed by atoms with Gasteiger partial charge in [-0.25, -0.2) is 0 Å². The van der Waals surface area contributed by atoms with Crippen LogP contribution in [0.1, 0.15) is 44.8 Å². The van der Waals surface area contributed by atoms with Gasteiger partial charge in [-0.3, -0.25) is 9.97 Å². The van der Waals surface area contributed by atoms with E-state index < -0.39 is 6.10 Å². The average molecular weight is 270 g/mol. The number of rotatable bonds is 2. The van der Waals surface area contributed by atoms with Gasteiger partial charge in [0.25, 0.3) is 0 Å². The lowest BCUT2D eigenvalue weighted by molar-refractivity contribution is 0.0560. The number of benzene rings is 1. The van der Waals surface area contributed by atoms with Gasteiger partial charge < -0.3 is 5.11 Å². The van der Waals surface area contributed by atoms with Gasteiger partial charge in [-0.05, 0) is 43.1 Å². The summed E-state index contributed by atoms with van der Waals surface area (Å²) in [5, 5.41) is 10.8. The minimum Gasteiger partial charge on any atom is -0.388 e. The first-order valence-electron chi connectivity index (χ1n) is 7.53. The highest BCUT2D eigenvalue weighted by molar-refractivity contribution is 5.77. The molecule has 3 unspecified atom stereocenters. The fourth-order valence-corrected chi connectivity index (χ4v) is 3.77. The smallest absolute Gasteiger partial charge is 0.0944 e. The second-order valence-electron chi connectivity index (χ2n) is 6.39. The zero-order valence-electron chi connectivity index (χ0n) is 12.2. The minimum absolute atomic E-state index is 0.335. The second kappa shape index (κ2) is 5.49. The van der Waals surface area contributed by atoms with E-state index in [1.54, 1.807) is 12.4 Å². The number of fused-ring (bicyclic) bond motifs is 1. The maximum absolute atomic E-state index is 10.8. The Bertz CT molecular complexity index is 583. The molecular formula is C17H22N2O. The number of para-hydroxylation sites is 1. The van der Waals surface area contributed by atoms with Crippen molar-refractivity contribution >= 4 is 11.0 Å². The van der Waals surface area contributed by atoms with E-state index in [1.165, 1.54) is 6.42 Å². The van der Waals surface area contributed by atoms with Crippen molar-refractivity contribution in [2.75, 3.05) is 0 Å². The Morgan fingerprint density at radius 2 is 1.75 bits per heavy atom. The lowest BCUT2D eigenvalue weighted by atomic mass is 9.73. The lowest BCUT2D eigenvalue weighted by Crippen LogP contribution is -2.24. The van der Waals surface area contributed by atoms with Gasteiger partial charge in [0, 0.05) is 18.0 Å². The topological polar surface area (TPSA) is 46.0 Å². The maximum Gasteiger partial charge on any atom is 0.0944 e. The molecule has 1 aliphatic rings. The van der Waals surface area contributed by atoms with E-state index in [4.69, 9.17) is 0 Å². The monoisotopic (exact) mass is 270 g/mol. The molecule has 20 heavy (non-hydrogen) atoms. The number of aliphatic hydroxyl groups is 1. The number of hydrogen-bond donors (Lipinski definition) is 1. The fourth-order valence-electron chi connectivity index (χ4n) is 3.77. The van der Waals surface area contributed by atoms with E-state index in [9.17, 15) is 5.11 Å². The van der Waals surface area contributed by atoms with E-state index in [0.29, 0.717) is 17.8 Å². The minimum atomic E-state index is -0.430. The summed E-state index contributed by atoms with van der Waals surface area (Å²) in [6.07, 6.45) is 6.44. The van der Waals surface area contributed by atoms with Crippen LogP contribution < -0.4 is 0 Å². The molecule has 1 aromatic carbocycles. The van der Waals surface area contributed by atoms with E-state index in [2.05, 4.69) is 23.8 Å². The Kier molecular flexibility index (Phi) is 3.70. The largest absolute Gasteiger partial charge is 0.388 e. The van der Waals surface area contributed by atoms with Crippen molar-refractivity contribution in [3.63, 3.8) is 0 Å². The third-order valence-corrected chi connectivity index (χ3v) is 4.51. The molecule has 0 aliphatic heterocycles. The Morgan fingerprint density at radius 3 is 2.50 bits per heavy atom. The molecule has 106 valence electrons. The van der Waals surface area contributed by atoms with Crippen molar-refractivity contribution in [1.82, 2.24) is 9.97 Å². The molecule has 0 spiro atoms. The highest BCUT2D eigenvalue weighted by atomic mass is 16.3. The predicted molar refractivity (Wildman–Crippen MR) is 80.2 cm³/mol. The van der Waals surface area contributed by atoms with Crippen molar-refractivity contribution in [2.24, 2.45) is 17.8 Å². The molecule has 3 heteroatoms. The number of aliphatic hydroxyl groups excluding tert-OH is 1. The SMILES string of the molecule is CC1CC(C)CC(C(O)c2cccc3nccnc23)C1. The van der Waals surface area contributed by atoms with E-state index in [-0.39, 0.29) is 0 Å². The quantitative estimate of drug-likeness (QED) is 0.904. The van der Waals surface area contributed by atoms with Crippen LogP contribution in [0.2, 0.25) is 0 Å². The first-order valence-corrected chi connectivity index (χ1v) is 7.53. The number of nitrogens with zero attached hydrogens (tertiary/aromatic N) is 2. The van der Waals surface area contributed by atoms with Gasteiger partial charge in [0.2, 0.25) is 0 Å². The lowest BCUT2D eigenvalue weighted by Gasteiger charge is -2.34. The van der Waals surface area contributed by atoms with Crippen LogP contribution >= 0.6 is 0 Å². The number of hydrogen-bond acceptors (Lipinski definition) is 3. The van der Waals surface area contributed by atoms with E-state index in [1.807, 2.05) is 18.2 Å². The van der Waals surface area contributed by atoms with Crippen molar-refractivity contribution in [2.45, 2.75) is 39.2 Å². The van der Waals surface area contributed by atoms with Crippen molar-refractivity contribution in [3.8, 4) is 0 Å². The van der Waals surface area contributed by atoms with Crippen LogP contribution in [0.15, 0.2) is 30.6 Å². The standard InChI is InChI=1S/C17H22N2O/c1-11-8-12(2)10-13(9-11)17(20)14-4-3-5-15-16(14)19-7-6-18-15/h3-7,11-13,17,20H,8-10H2,1-2H3. The third kappa shape index (κ3) is 2.55. The summed E-state index contributed by atoms with van der Waals surface area (Å²) in [6, 6.07) is 5.90. The molecule has 3 nitrogen and oxygen atoms in total. The molecule has 1 heterocycles. The summed E-state index contributed by atoms with van der Waals surface area (Å²) < 4.78 is 0. The third-order valence-electron chi connectivity index (χ3n) is 4.51. The van der Waals surface area contributed by atoms with Crippen LogP contribution in [0, 0.1) is 17.8 Å². The predicted octanol–water partition coefficient (Wildman–Crippen LogP) is 3.74. The molecule has 0 bridgehead atoms. The van der Waals surface area contributed by atoms with Gasteiger partial charge >= 0.3 is 0 Å². The zero-order chi connectivity index (χ0) is 14.1. The fraction of sp³-hybridized carbons (Fsp3) is 0.529. The normalized spacial score (nSPS) is 28.4. The summed E-state index contributed by atoms with van der Waals surface area (Å²) in [5.74, 6) is 1.72. The van der Waals surface area contributed by atoms with Gasteiger partial charge in [0.15, 0.2) is 0 Å². The van der Waals surface area contributed by atoms with Crippen LogP contribution in [-0.2, 0) is 0 Å². The summed E-state index contributed by atoms with van der Waals surface area (Å²) in [7, 11) is 0. The molecule has 1 aliphatic carbocycles. The summed E-state index contributed by atoms with van der Waals surface area (Å²) in [6.45, 7) is 4.58. The molecule has 2 aromatic rings. The van der Waals surface area contributed by atoms with Crippen LogP contribution in [0.25, 0.3) is 11.0 Å². The maximum atomic E-state index is 10.8. The van der Waals surface area contributed by atoms with Crippen LogP contribution in [-0.4, -0.2) is 15.1 Å². The van der Waals surface area contributed by atoms with Gasteiger partial charge in [-0.1, -0.05) is 26.0 Å². The Morgan fingerprint density at radius 1 is 1.05 bits per heavy atom. The molecule has 0 radical (unpaired) electrons. The highest BCUT2D eigenvalue weighted by Crippen LogP contribution is 2.40. The Labute approximate surface area is 120 Å². The van der Waals surface area contributed by atoms with Crippen LogP contribution in [0.5, 0.6) is 0 Å². The van der Waals surface area contributed by atoms with Crippen LogP contribution in [0.4, 0.5) is 0 Å². The molecule has 1 aromatic heterocycles. The van der Waals surface area contributed by atoms with E-state index in [0.717, 1.165) is 29.4 Å². The average Bonchev–Trinajstić information content (AvgIpc) is 2.45. The Hall–Kier alpha value is -1.48. The molecule has 1 saturated carbocycles.